The predicted octanol–water partition coefficient (Wildman–Crippen LogP) is 2.63. The number of hydrogen-bond acceptors (Lipinski definition) is 1. The summed E-state index contributed by atoms with van der Waals surface area (Å²) in [6.07, 6.45) is 5.83. The molecule has 0 saturated heterocycles. The highest BCUT2D eigenvalue weighted by atomic mass is 79.9. The predicted molar refractivity (Wildman–Crippen MR) is 53.2 cm³/mol. The van der Waals surface area contributed by atoms with E-state index in [1.165, 1.54) is 0 Å². The maximum atomic E-state index is 5.21. The summed E-state index contributed by atoms with van der Waals surface area (Å²) in [5.41, 5.74) is 1.08. The third kappa shape index (κ3) is 2.02. The van der Waals surface area contributed by atoms with Gasteiger partial charge in [0.2, 0.25) is 0 Å². The van der Waals surface area contributed by atoms with E-state index in [-0.39, 0.29) is 0 Å². The summed E-state index contributed by atoms with van der Waals surface area (Å²) in [6.45, 7) is 0. The van der Waals surface area contributed by atoms with Crippen LogP contribution in [0.4, 0.5) is 0 Å². The van der Waals surface area contributed by atoms with Gasteiger partial charge in [0.15, 0.2) is 0 Å². The smallest absolute Gasteiger partial charge is 0.119 e. The van der Waals surface area contributed by atoms with Crippen LogP contribution in [0.25, 0.3) is 0 Å². The van der Waals surface area contributed by atoms with Gasteiger partial charge in [-0.25, -0.2) is 0 Å². The zero-order valence-electron chi connectivity index (χ0n) is 6.80. The molecule has 0 atom stereocenters. The van der Waals surface area contributed by atoms with Crippen molar-refractivity contribution in [1.82, 2.24) is 0 Å². The van der Waals surface area contributed by atoms with Crippen molar-refractivity contribution in [1.29, 1.82) is 0 Å². The fourth-order valence-electron chi connectivity index (χ4n) is 0.924. The Hall–Kier alpha value is -0.940. The molecule has 0 N–H and O–H groups in total. The molecular formula is C10H9BrO. The van der Waals surface area contributed by atoms with Gasteiger partial charge in [0.25, 0.3) is 0 Å². The van der Waals surface area contributed by atoms with Crippen molar-refractivity contribution in [2.45, 2.75) is 6.42 Å². The molecule has 12 heavy (non-hydrogen) atoms. The van der Waals surface area contributed by atoms with Crippen LogP contribution < -0.4 is 4.74 Å². The Labute approximate surface area is 80.9 Å². The number of halogens is 1. The first kappa shape index (κ1) is 9.15. The molecule has 1 rings (SSSR count). The molecule has 2 heteroatoms. The first-order valence-corrected chi connectivity index (χ1v) is 4.33. The van der Waals surface area contributed by atoms with Gasteiger partial charge in [0.1, 0.15) is 5.75 Å². The Balaban J connectivity index is 3.01. The van der Waals surface area contributed by atoms with E-state index < -0.39 is 0 Å². The molecule has 0 aliphatic rings. The number of rotatable bonds is 2. The molecule has 62 valence electrons. The minimum Gasteiger partial charge on any atom is -0.497 e. The lowest BCUT2D eigenvalue weighted by molar-refractivity contribution is 0.414. The zero-order chi connectivity index (χ0) is 8.97. The summed E-state index contributed by atoms with van der Waals surface area (Å²) >= 11 is 3.41. The number of hydrogen-bond donors (Lipinski definition) is 0. The van der Waals surface area contributed by atoms with E-state index in [9.17, 15) is 0 Å². The Morgan fingerprint density at radius 2 is 2.33 bits per heavy atom. The number of methoxy groups -OCH3 is 1. The highest BCUT2D eigenvalue weighted by Gasteiger charge is 1.99. The van der Waals surface area contributed by atoms with Crippen molar-refractivity contribution >= 4 is 15.9 Å². The van der Waals surface area contributed by atoms with Crippen LogP contribution in [0.1, 0.15) is 5.56 Å². The summed E-state index contributed by atoms with van der Waals surface area (Å²) in [5.74, 6) is 3.43. The van der Waals surface area contributed by atoms with Gasteiger partial charge >= 0.3 is 0 Å². The van der Waals surface area contributed by atoms with Crippen LogP contribution in [0.2, 0.25) is 0 Å². The van der Waals surface area contributed by atoms with E-state index in [0.717, 1.165) is 15.8 Å². The van der Waals surface area contributed by atoms with Crippen molar-refractivity contribution in [3.63, 3.8) is 0 Å². The topological polar surface area (TPSA) is 9.23 Å². The molecule has 1 aromatic rings. The fraction of sp³-hybridized carbons (Fsp3) is 0.200. The molecule has 0 radical (unpaired) electrons. The lowest BCUT2D eigenvalue weighted by atomic mass is 10.1. The molecule has 1 nitrogen and oxygen atoms in total. The average Bonchev–Trinajstić information content (AvgIpc) is 2.09. The van der Waals surface area contributed by atoms with Gasteiger partial charge in [-0.05, 0) is 23.8 Å². The highest BCUT2D eigenvalue weighted by molar-refractivity contribution is 9.10. The van der Waals surface area contributed by atoms with Crippen LogP contribution in [-0.2, 0) is 6.42 Å². The van der Waals surface area contributed by atoms with E-state index in [4.69, 9.17) is 11.2 Å². The van der Waals surface area contributed by atoms with E-state index in [2.05, 4.69) is 21.9 Å². The van der Waals surface area contributed by atoms with Crippen LogP contribution in [0.15, 0.2) is 22.7 Å². The number of ether oxygens (including phenoxy) is 1. The quantitative estimate of drug-likeness (QED) is 0.703. The van der Waals surface area contributed by atoms with E-state index in [0.29, 0.717) is 6.42 Å². The lowest BCUT2D eigenvalue weighted by Gasteiger charge is -2.03. The number of benzene rings is 1. The van der Waals surface area contributed by atoms with Gasteiger partial charge < -0.3 is 4.74 Å². The second kappa shape index (κ2) is 4.18. The summed E-state index contributed by atoms with van der Waals surface area (Å²) in [6, 6.07) is 5.76. The molecule has 0 aliphatic heterocycles. The van der Waals surface area contributed by atoms with Crippen LogP contribution in [-0.4, -0.2) is 7.11 Å². The molecule has 0 bridgehead atoms. The molecule has 0 unspecified atom stereocenters. The van der Waals surface area contributed by atoms with Crippen molar-refractivity contribution in [3.8, 4) is 18.1 Å². The molecule has 0 aliphatic carbocycles. The summed E-state index contributed by atoms with van der Waals surface area (Å²) in [4.78, 5) is 0. The zero-order valence-corrected chi connectivity index (χ0v) is 8.39. The Bertz CT molecular complexity index is 312. The second-order valence-corrected chi connectivity index (χ2v) is 3.19. The maximum Gasteiger partial charge on any atom is 0.119 e. The largest absolute Gasteiger partial charge is 0.497 e. The minimum absolute atomic E-state index is 0.623. The highest BCUT2D eigenvalue weighted by Crippen LogP contribution is 2.22. The number of terminal acetylenes is 1. The van der Waals surface area contributed by atoms with Crippen LogP contribution >= 0.6 is 15.9 Å². The SMILES string of the molecule is C#CCc1cc(OC)ccc1Br. The molecule has 1 aromatic carbocycles. The molecule has 0 heterocycles. The molecule has 0 aromatic heterocycles. The van der Waals surface area contributed by atoms with E-state index in [1.54, 1.807) is 7.11 Å². The van der Waals surface area contributed by atoms with E-state index >= 15 is 0 Å². The van der Waals surface area contributed by atoms with Gasteiger partial charge in [0, 0.05) is 10.9 Å². The minimum atomic E-state index is 0.623. The summed E-state index contributed by atoms with van der Waals surface area (Å²) in [5, 5.41) is 0. The van der Waals surface area contributed by atoms with Crippen LogP contribution in [0.3, 0.4) is 0 Å². The molecule has 0 amide bonds. The fourth-order valence-corrected chi connectivity index (χ4v) is 1.31. The first-order chi connectivity index (χ1) is 5.77. The molecular weight excluding hydrogens is 216 g/mol. The normalized spacial score (nSPS) is 9.08. The van der Waals surface area contributed by atoms with Crippen molar-refractivity contribution in [2.75, 3.05) is 7.11 Å². The van der Waals surface area contributed by atoms with Crippen molar-refractivity contribution < 1.29 is 4.74 Å². The first-order valence-electron chi connectivity index (χ1n) is 3.54. The summed E-state index contributed by atoms with van der Waals surface area (Å²) in [7, 11) is 1.64. The van der Waals surface area contributed by atoms with Gasteiger partial charge in [-0.1, -0.05) is 15.9 Å². The molecule has 0 fully saturated rings. The van der Waals surface area contributed by atoms with Gasteiger partial charge in [-0.3, -0.25) is 0 Å². The summed E-state index contributed by atoms with van der Waals surface area (Å²) < 4.78 is 6.10. The third-order valence-electron chi connectivity index (χ3n) is 1.55. The Morgan fingerprint density at radius 3 is 2.92 bits per heavy atom. The van der Waals surface area contributed by atoms with Crippen molar-refractivity contribution in [3.05, 3.63) is 28.2 Å². The van der Waals surface area contributed by atoms with Gasteiger partial charge in [-0.15, -0.1) is 12.3 Å². The van der Waals surface area contributed by atoms with Crippen LogP contribution in [0.5, 0.6) is 5.75 Å². The van der Waals surface area contributed by atoms with Crippen molar-refractivity contribution in [2.24, 2.45) is 0 Å². The standard InChI is InChI=1S/C10H9BrO/c1-3-4-8-7-9(12-2)5-6-10(8)11/h1,5-7H,4H2,2H3. The maximum absolute atomic E-state index is 5.21. The van der Waals surface area contributed by atoms with Gasteiger partial charge in [0.05, 0.1) is 7.11 Å². The lowest BCUT2D eigenvalue weighted by Crippen LogP contribution is -1.87. The molecule has 0 spiro atoms. The second-order valence-electron chi connectivity index (χ2n) is 2.34. The molecule has 0 saturated carbocycles. The van der Waals surface area contributed by atoms with Gasteiger partial charge in [-0.2, -0.15) is 0 Å². The third-order valence-corrected chi connectivity index (χ3v) is 2.32. The monoisotopic (exact) mass is 224 g/mol. The Morgan fingerprint density at radius 1 is 1.58 bits per heavy atom. The Kier molecular flexibility index (Phi) is 3.19. The van der Waals surface area contributed by atoms with E-state index in [1.807, 2.05) is 18.2 Å². The average molecular weight is 225 g/mol. The van der Waals surface area contributed by atoms with Crippen LogP contribution in [0, 0.1) is 12.3 Å².